The number of halogens is 2. The number of benzene rings is 1. The molecule has 1 aromatic heterocycles. The molecule has 1 aromatic carbocycles. The van der Waals surface area contributed by atoms with Gasteiger partial charge in [0.2, 0.25) is 0 Å². The third kappa shape index (κ3) is 2.76. The molecule has 2 aromatic rings. The molecule has 1 aliphatic carbocycles. The van der Waals surface area contributed by atoms with Crippen molar-refractivity contribution in [1.29, 1.82) is 0 Å². The molecule has 1 heterocycles. The van der Waals surface area contributed by atoms with Gasteiger partial charge in [0.25, 0.3) is 5.91 Å². The molecule has 0 aliphatic heterocycles. The van der Waals surface area contributed by atoms with E-state index in [1.807, 2.05) is 0 Å². The average Bonchev–Trinajstić information content (AvgIpc) is 3.29. The number of anilines is 1. The second-order valence-electron chi connectivity index (χ2n) is 4.66. The fraction of sp³-hybridized carbons (Fsp3) is 0.214. The average molecular weight is 308 g/mol. The Kier molecular flexibility index (Phi) is 3.59. The molecule has 0 radical (unpaired) electrons. The van der Waals surface area contributed by atoms with Crippen LogP contribution in [0.15, 0.2) is 30.6 Å². The van der Waals surface area contributed by atoms with Crippen LogP contribution < -0.4 is 5.32 Å². The van der Waals surface area contributed by atoms with Crippen LogP contribution in [0.1, 0.15) is 34.9 Å². The monoisotopic (exact) mass is 307 g/mol. The lowest BCUT2D eigenvalue weighted by Crippen LogP contribution is -2.13. The molecule has 20 heavy (non-hydrogen) atoms. The summed E-state index contributed by atoms with van der Waals surface area (Å²) in [6.45, 7) is 0. The van der Waals surface area contributed by atoms with Crippen LogP contribution >= 0.6 is 23.2 Å². The Bertz CT molecular complexity index is 654. The summed E-state index contributed by atoms with van der Waals surface area (Å²) in [6, 6.07) is 5.06. The maximum atomic E-state index is 12.1. The molecule has 1 aliphatic rings. The van der Waals surface area contributed by atoms with E-state index in [2.05, 4.69) is 15.3 Å². The minimum absolute atomic E-state index is 0.309. The maximum absolute atomic E-state index is 12.1. The standard InChI is InChI=1S/C14H11Cl2N3O/c15-10-2-1-3-11(12(10)16)19-14(20)9-6-17-13(18-7-9)8-4-5-8/h1-3,6-8H,4-5H2,(H,19,20). The highest BCUT2D eigenvalue weighted by atomic mass is 35.5. The first-order chi connectivity index (χ1) is 9.65. The lowest BCUT2D eigenvalue weighted by molar-refractivity contribution is 0.102. The van der Waals surface area contributed by atoms with E-state index >= 15 is 0 Å². The molecule has 4 nitrogen and oxygen atoms in total. The van der Waals surface area contributed by atoms with Gasteiger partial charge in [0.15, 0.2) is 0 Å². The number of amides is 1. The first kappa shape index (κ1) is 13.3. The van der Waals surface area contributed by atoms with Gasteiger partial charge in [-0.3, -0.25) is 4.79 Å². The molecule has 0 bridgehead atoms. The van der Waals surface area contributed by atoms with E-state index in [4.69, 9.17) is 23.2 Å². The quantitative estimate of drug-likeness (QED) is 0.935. The highest BCUT2D eigenvalue weighted by molar-refractivity contribution is 6.44. The summed E-state index contributed by atoms with van der Waals surface area (Å²) in [6.07, 6.45) is 5.33. The number of nitrogens with one attached hydrogen (secondary N) is 1. The molecule has 0 unspecified atom stereocenters. The molecular weight excluding hydrogens is 297 g/mol. The van der Waals surface area contributed by atoms with Crippen molar-refractivity contribution in [3.05, 3.63) is 52.0 Å². The maximum Gasteiger partial charge on any atom is 0.258 e. The first-order valence-corrected chi connectivity index (χ1v) is 6.98. The molecule has 1 N–H and O–H groups in total. The normalized spacial score (nSPS) is 14.1. The minimum Gasteiger partial charge on any atom is -0.320 e. The first-order valence-electron chi connectivity index (χ1n) is 6.22. The zero-order chi connectivity index (χ0) is 14.1. The molecule has 0 spiro atoms. The molecule has 3 rings (SSSR count). The Morgan fingerprint density at radius 1 is 1.20 bits per heavy atom. The van der Waals surface area contributed by atoms with Crippen molar-refractivity contribution in [3.8, 4) is 0 Å². The van der Waals surface area contributed by atoms with E-state index in [9.17, 15) is 4.79 Å². The van der Waals surface area contributed by atoms with Gasteiger partial charge in [-0.15, -0.1) is 0 Å². The summed E-state index contributed by atoms with van der Waals surface area (Å²) < 4.78 is 0. The summed E-state index contributed by atoms with van der Waals surface area (Å²) in [5.41, 5.74) is 0.862. The van der Waals surface area contributed by atoms with Crippen molar-refractivity contribution < 1.29 is 4.79 Å². The molecule has 1 amide bonds. The van der Waals surface area contributed by atoms with Crippen molar-refractivity contribution in [2.75, 3.05) is 5.32 Å². The lowest BCUT2D eigenvalue weighted by Gasteiger charge is -2.08. The van der Waals surface area contributed by atoms with Gasteiger partial charge < -0.3 is 5.32 Å². The smallest absolute Gasteiger partial charge is 0.258 e. The number of hydrogen-bond acceptors (Lipinski definition) is 3. The van der Waals surface area contributed by atoms with Gasteiger partial charge in [0.05, 0.1) is 21.3 Å². The largest absolute Gasteiger partial charge is 0.320 e. The molecular formula is C14H11Cl2N3O. The van der Waals surface area contributed by atoms with Gasteiger partial charge in [0.1, 0.15) is 5.82 Å². The highest BCUT2D eigenvalue weighted by Crippen LogP contribution is 2.37. The Hall–Kier alpha value is -1.65. The molecule has 0 atom stereocenters. The summed E-state index contributed by atoms with van der Waals surface area (Å²) in [5.74, 6) is 0.966. The Morgan fingerprint density at radius 3 is 2.55 bits per heavy atom. The minimum atomic E-state index is -0.309. The zero-order valence-electron chi connectivity index (χ0n) is 10.4. The number of rotatable bonds is 3. The number of hydrogen-bond donors (Lipinski definition) is 1. The summed E-state index contributed by atoms with van der Waals surface area (Å²) >= 11 is 11.9. The number of nitrogens with zero attached hydrogens (tertiary/aromatic N) is 2. The van der Waals surface area contributed by atoms with Crippen molar-refractivity contribution in [1.82, 2.24) is 9.97 Å². The van der Waals surface area contributed by atoms with Crippen LogP contribution in [0.2, 0.25) is 10.0 Å². The van der Waals surface area contributed by atoms with Crippen LogP contribution in [0.25, 0.3) is 0 Å². The van der Waals surface area contributed by atoms with E-state index in [1.54, 1.807) is 18.2 Å². The van der Waals surface area contributed by atoms with Crippen LogP contribution in [0, 0.1) is 0 Å². The predicted molar refractivity (Wildman–Crippen MR) is 78.4 cm³/mol. The van der Waals surface area contributed by atoms with Crippen molar-refractivity contribution >= 4 is 34.8 Å². The van der Waals surface area contributed by atoms with E-state index in [-0.39, 0.29) is 5.91 Å². The van der Waals surface area contributed by atoms with Crippen LogP contribution in [0.3, 0.4) is 0 Å². The van der Waals surface area contributed by atoms with E-state index in [1.165, 1.54) is 12.4 Å². The van der Waals surface area contributed by atoms with Crippen LogP contribution in [-0.4, -0.2) is 15.9 Å². The highest BCUT2D eigenvalue weighted by Gasteiger charge is 2.26. The fourth-order valence-electron chi connectivity index (χ4n) is 1.80. The van der Waals surface area contributed by atoms with Crippen LogP contribution in [0.4, 0.5) is 5.69 Å². The van der Waals surface area contributed by atoms with Crippen LogP contribution in [-0.2, 0) is 0 Å². The zero-order valence-corrected chi connectivity index (χ0v) is 11.9. The fourth-order valence-corrected chi connectivity index (χ4v) is 2.15. The van der Waals surface area contributed by atoms with Crippen molar-refractivity contribution in [3.63, 3.8) is 0 Å². The van der Waals surface area contributed by atoms with Gasteiger partial charge in [-0.05, 0) is 25.0 Å². The van der Waals surface area contributed by atoms with E-state index in [0.29, 0.717) is 27.2 Å². The molecule has 0 saturated heterocycles. The van der Waals surface area contributed by atoms with Gasteiger partial charge in [-0.25, -0.2) is 9.97 Å². The van der Waals surface area contributed by atoms with Gasteiger partial charge >= 0.3 is 0 Å². The van der Waals surface area contributed by atoms with Gasteiger partial charge in [-0.2, -0.15) is 0 Å². The second-order valence-corrected chi connectivity index (χ2v) is 5.44. The summed E-state index contributed by atoms with van der Waals surface area (Å²) in [7, 11) is 0. The molecule has 1 saturated carbocycles. The Morgan fingerprint density at radius 2 is 1.90 bits per heavy atom. The number of carbonyl (C=O) groups is 1. The van der Waals surface area contributed by atoms with Gasteiger partial charge in [-0.1, -0.05) is 29.3 Å². The SMILES string of the molecule is O=C(Nc1cccc(Cl)c1Cl)c1cnc(C2CC2)nc1. The third-order valence-corrected chi connectivity index (χ3v) is 3.90. The number of carbonyl (C=O) groups excluding carboxylic acids is 1. The molecule has 6 heteroatoms. The Balaban J connectivity index is 1.76. The predicted octanol–water partition coefficient (Wildman–Crippen LogP) is 3.91. The lowest BCUT2D eigenvalue weighted by atomic mass is 10.2. The van der Waals surface area contributed by atoms with Crippen molar-refractivity contribution in [2.24, 2.45) is 0 Å². The van der Waals surface area contributed by atoms with Crippen molar-refractivity contribution in [2.45, 2.75) is 18.8 Å². The summed E-state index contributed by atoms with van der Waals surface area (Å²) in [4.78, 5) is 20.5. The number of aromatic nitrogens is 2. The van der Waals surface area contributed by atoms with E-state index < -0.39 is 0 Å². The summed E-state index contributed by atoms with van der Waals surface area (Å²) in [5, 5.41) is 3.41. The topological polar surface area (TPSA) is 54.9 Å². The van der Waals surface area contributed by atoms with Crippen LogP contribution in [0.5, 0.6) is 0 Å². The van der Waals surface area contributed by atoms with E-state index in [0.717, 1.165) is 18.7 Å². The second kappa shape index (κ2) is 5.38. The van der Waals surface area contributed by atoms with Gasteiger partial charge in [0, 0.05) is 18.3 Å². The third-order valence-electron chi connectivity index (χ3n) is 3.08. The molecule has 102 valence electrons. The Labute approximate surface area is 126 Å². The molecule has 1 fully saturated rings.